The molecule has 4 rings (SSSR count). The predicted octanol–water partition coefficient (Wildman–Crippen LogP) is 2.53. The van der Waals surface area contributed by atoms with Gasteiger partial charge in [-0.25, -0.2) is 4.98 Å². The van der Waals surface area contributed by atoms with Crippen molar-refractivity contribution >= 4 is 27.8 Å². The quantitative estimate of drug-likeness (QED) is 0.596. The van der Waals surface area contributed by atoms with Gasteiger partial charge in [0.25, 0.3) is 5.91 Å². The molecule has 0 aliphatic rings. The summed E-state index contributed by atoms with van der Waals surface area (Å²) in [7, 11) is 1.58. The topological polar surface area (TPSA) is 83.6 Å². The molecule has 6 heteroatoms. The monoisotopic (exact) mass is 303 g/mol. The lowest BCUT2D eigenvalue weighted by molar-refractivity contribution is 0.0958. The lowest BCUT2D eigenvalue weighted by atomic mass is 10.1. The van der Waals surface area contributed by atoms with Crippen molar-refractivity contribution < 1.29 is 4.79 Å². The number of nitrogens with one attached hydrogen (secondary N) is 2. The normalized spacial score (nSPS) is 11.0. The van der Waals surface area contributed by atoms with Gasteiger partial charge in [-0.2, -0.15) is 0 Å². The summed E-state index contributed by atoms with van der Waals surface area (Å²) in [6.45, 7) is 0. The van der Waals surface area contributed by atoms with Crippen LogP contribution in [0.15, 0.2) is 48.9 Å². The van der Waals surface area contributed by atoms with Crippen LogP contribution in [0.2, 0.25) is 0 Å². The maximum absolute atomic E-state index is 11.5. The van der Waals surface area contributed by atoms with E-state index in [0.29, 0.717) is 5.69 Å². The van der Waals surface area contributed by atoms with Crippen LogP contribution in [0.5, 0.6) is 0 Å². The Bertz CT molecular complexity index is 1020. The third-order valence-corrected chi connectivity index (χ3v) is 3.77. The van der Waals surface area contributed by atoms with Crippen LogP contribution in [0.3, 0.4) is 0 Å². The van der Waals surface area contributed by atoms with Gasteiger partial charge < -0.3 is 10.3 Å². The lowest BCUT2D eigenvalue weighted by Crippen LogP contribution is -2.18. The van der Waals surface area contributed by atoms with Crippen molar-refractivity contribution in [3.63, 3.8) is 0 Å². The van der Waals surface area contributed by atoms with Gasteiger partial charge in [0.15, 0.2) is 0 Å². The Morgan fingerprint density at radius 3 is 2.78 bits per heavy atom. The molecule has 4 heterocycles. The number of aromatic amines is 1. The summed E-state index contributed by atoms with van der Waals surface area (Å²) < 4.78 is 0. The standard InChI is InChI=1S/C17H13N5O/c1-18-17(23)13-5-4-10(8-20-13)14-7-15-12(9-21-14)11-3-2-6-19-16(11)22-15/h2-9H,1H3,(H,18,23)(H,19,22). The predicted molar refractivity (Wildman–Crippen MR) is 88.0 cm³/mol. The van der Waals surface area contributed by atoms with Crippen molar-refractivity contribution in [2.24, 2.45) is 0 Å². The van der Waals surface area contributed by atoms with E-state index in [9.17, 15) is 4.79 Å². The summed E-state index contributed by atoms with van der Waals surface area (Å²) >= 11 is 0. The summed E-state index contributed by atoms with van der Waals surface area (Å²) in [5.41, 5.74) is 3.84. The molecule has 0 radical (unpaired) electrons. The van der Waals surface area contributed by atoms with Crippen LogP contribution in [0, 0.1) is 0 Å². The largest absolute Gasteiger partial charge is 0.354 e. The van der Waals surface area contributed by atoms with E-state index in [2.05, 4.69) is 25.3 Å². The van der Waals surface area contributed by atoms with Crippen LogP contribution in [0.4, 0.5) is 0 Å². The fourth-order valence-electron chi connectivity index (χ4n) is 2.59. The smallest absolute Gasteiger partial charge is 0.269 e. The van der Waals surface area contributed by atoms with Crippen LogP contribution in [-0.4, -0.2) is 32.9 Å². The number of H-pyrrole nitrogens is 1. The minimum Gasteiger partial charge on any atom is -0.354 e. The average molecular weight is 303 g/mol. The SMILES string of the molecule is CNC(=O)c1ccc(-c2cc3[nH]c4ncccc4c3cn2)cn1. The molecule has 0 aliphatic carbocycles. The van der Waals surface area contributed by atoms with E-state index < -0.39 is 0 Å². The highest BCUT2D eigenvalue weighted by atomic mass is 16.1. The van der Waals surface area contributed by atoms with Crippen LogP contribution in [0.25, 0.3) is 33.2 Å². The first-order valence-electron chi connectivity index (χ1n) is 7.17. The number of amides is 1. The van der Waals surface area contributed by atoms with Gasteiger partial charge in [-0.1, -0.05) is 0 Å². The van der Waals surface area contributed by atoms with E-state index in [-0.39, 0.29) is 5.91 Å². The fraction of sp³-hybridized carbons (Fsp3) is 0.0588. The van der Waals surface area contributed by atoms with Gasteiger partial charge in [-0.05, 0) is 30.3 Å². The van der Waals surface area contributed by atoms with Gasteiger partial charge >= 0.3 is 0 Å². The van der Waals surface area contributed by atoms with Crippen LogP contribution < -0.4 is 5.32 Å². The molecular formula is C17H13N5O. The van der Waals surface area contributed by atoms with Crippen LogP contribution in [-0.2, 0) is 0 Å². The molecule has 0 fully saturated rings. The van der Waals surface area contributed by atoms with E-state index in [1.807, 2.05) is 30.5 Å². The molecule has 112 valence electrons. The molecule has 0 saturated carbocycles. The second kappa shape index (κ2) is 5.17. The fourth-order valence-corrected chi connectivity index (χ4v) is 2.59. The van der Waals surface area contributed by atoms with Gasteiger partial charge in [-0.15, -0.1) is 0 Å². The highest BCUT2D eigenvalue weighted by Crippen LogP contribution is 2.26. The Kier molecular flexibility index (Phi) is 3.01. The zero-order valence-electron chi connectivity index (χ0n) is 12.4. The zero-order valence-corrected chi connectivity index (χ0v) is 12.4. The van der Waals surface area contributed by atoms with Crippen molar-refractivity contribution in [1.82, 2.24) is 25.3 Å². The number of hydrogen-bond donors (Lipinski definition) is 2. The van der Waals surface area contributed by atoms with E-state index in [0.717, 1.165) is 33.2 Å². The molecule has 2 N–H and O–H groups in total. The summed E-state index contributed by atoms with van der Waals surface area (Å²) in [4.78, 5) is 27.8. The Labute approximate surface area is 131 Å². The first-order valence-corrected chi connectivity index (χ1v) is 7.17. The van der Waals surface area contributed by atoms with Crippen molar-refractivity contribution in [2.45, 2.75) is 0 Å². The molecule has 0 aliphatic heterocycles. The Balaban J connectivity index is 1.79. The van der Waals surface area contributed by atoms with Gasteiger partial charge in [0.2, 0.25) is 0 Å². The first kappa shape index (κ1) is 13.4. The molecule has 4 aromatic rings. The molecule has 23 heavy (non-hydrogen) atoms. The maximum Gasteiger partial charge on any atom is 0.269 e. The Hall–Kier alpha value is -3.28. The number of carbonyl (C=O) groups is 1. The van der Waals surface area contributed by atoms with Crippen molar-refractivity contribution in [3.8, 4) is 11.3 Å². The molecule has 1 amide bonds. The molecule has 6 nitrogen and oxygen atoms in total. The molecule has 0 bridgehead atoms. The second-order valence-corrected chi connectivity index (χ2v) is 5.15. The number of aromatic nitrogens is 4. The van der Waals surface area contributed by atoms with Crippen molar-refractivity contribution in [2.75, 3.05) is 7.05 Å². The molecule has 0 atom stereocenters. The van der Waals surface area contributed by atoms with E-state index in [4.69, 9.17) is 0 Å². The Morgan fingerprint density at radius 1 is 1.09 bits per heavy atom. The van der Waals surface area contributed by atoms with Crippen LogP contribution >= 0.6 is 0 Å². The van der Waals surface area contributed by atoms with Crippen molar-refractivity contribution in [3.05, 3.63) is 54.6 Å². The zero-order chi connectivity index (χ0) is 15.8. The third-order valence-electron chi connectivity index (χ3n) is 3.77. The van der Waals surface area contributed by atoms with Gasteiger partial charge in [-0.3, -0.25) is 14.8 Å². The van der Waals surface area contributed by atoms with Gasteiger partial charge in [0.05, 0.1) is 11.2 Å². The maximum atomic E-state index is 11.5. The molecule has 4 aromatic heterocycles. The minimum absolute atomic E-state index is 0.207. The number of pyridine rings is 3. The second-order valence-electron chi connectivity index (χ2n) is 5.15. The number of hydrogen-bond acceptors (Lipinski definition) is 4. The summed E-state index contributed by atoms with van der Waals surface area (Å²) in [5.74, 6) is -0.207. The number of fused-ring (bicyclic) bond motifs is 3. The summed E-state index contributed by atoms with van der Waals surface area (Å²) in [6, 6.07) is 9.42. The molecule has 0 saturated heterocycles. The number of rotatable bonds is 2. The minimum atomic E-state index is -0.207. The molecule has 0 aromatic carbocycles. The number of carbonyl (C=O) groups excluding carboxylic acids is 1. The summed E-state index contributed by atoms with van der Waals surface area (Å²) in [6.07, 6.45) is 5.24. The van der Waals surface area contributed by atoms with Crippen LogP contribution in [0.1, 0.15) is 10.5 Å². The van der Waals surface area contributed by atoms with Gasteiger partial charge in [0, 0.05) is 42.0 Å². The average Bonchev–Trinajstić information content (AvgIpc) is 2.99. The Morgan fingerprint density at radius 2 is 2.00 bits per heavy atom. The number of nitrogens with zero attached hydrogens (tertiary/aromatic N) is 3. The lowest BCUT2D eigenvalue weighted by Gasteiger charge is -2.03. The highest BCUT2D eigenvalue weighted by Gasteiger charge is 2.09. The van der Waals surface area contributed by atoms with E-state index >= 15 is 0 Å². The molecular weight excluding hydrogens is 290 g/mol. The van der Waals surface area contributed by atoms with E-state index in [1.54, 1.807) is 25.5 Å². The third kappa shape index (κ3) is 2.20. The first-order chi connectivity index (χ1) is 11.3. The van der Waals surface area contributed by atoms with Crippen molar-refractivity contribution in [1.29, 1.82) is 0 Å². The summed E-state index contributed by atoms with van der Waals surface area (Å²) in [5, 5.41) is 4.64. The molecule has 0 unspecified atom stereocenters. The van der Waals surface area contributed by atoms with E-state index in [1.165, 1.54) is 0 Å². The molecule has 0 spiro atoms. The highest BCUT2D eigenvalue weighted by molar-refractivity contribution is 6.06. The van der Waals surface area contributed by atoms with Gasteiger partial charge in [0.1, 0.15) is 11.3 Å².